The third-order valence-corrected chi connectivity index (χ3v) is 2.92. The maximum atomic E-state index is 5.40. The molecule has 0 bridgehead atoms. The SMILES string of the molecule is COCCOCCCCNc1cc2nnc(C)n2cn1. The second-order valence-electron chi connectivity index (χ2n) is 4.49. The molecule has 2 heterocycles. The Balaban J connectivity index is 1.65. The third kappa shape index (κ3) is 4.14. The lowest BCUT2D eigenvalue weighted by molar-refractivity contribution is 0.0691. The van der Waals surface area contributed by atoms with E-state index in [2.05, 4.69) is 20.5 Å². The number of unbranched alkanes of at least 4 members (excludes halogenated alkanes) is 1. The molecule has 7 nitrogen and oxygen atoms in total. The van der Waals surface area contributed by atoms with E-state index in [1.54, 1.807) is 13.4 Å². The van der Waals surface area contributed by atoms with Gasteiger partial charge in [0.1, 0.15) is 18.0 Å². The molecule has 0 amide bonds. The van der Waals surface area contributed by atoms with E-state index in [1.807, 2.05) is 17.4 Å². The number of aryl methyl sites for hydroxylation is 1. The molecule has 0 aliphatic heterocycles. The Bertz CT molecular complexity index is 528. The first kappa shape index (κ1) is 14.7. The number of hydrogen-bond acceptors (Lipinski definition) is 6. The summed E-state index contributed by atoms with van der Waals surface area (Å²) in [7, 11) is 1.67. The normalized spacial score (nSPS) is 11.1. The van der Waals surface area contributed by atoms with Gasteiger partial charge in [0.05, 0.1) is 13.2 Å². The van der Waals surface area contributed by atoms with Crippen LogP contribution in [-0.2, 0) is 9.47 Å². The summed E-state index contributed by atoms with van der Waals surface area (Å²) >= 11 is 0. The van der Waals surface area contributed by atoms with Gasteiger partial charge in [-0.1, -0.05) is 0 Å². The highest BCUT2D eigenvalue weighted by molar-refractivity contribution is 5.48. The maximum absolute atomic E-state index is 5.40. The molecule has 7 heteroatoms. The molecule has 0 saturated carbocycles. The van der Waals surface area contributed by atoms with E-state index < -0.39 is 0 Å². The molecule has 0 saturated heterocycles. The quantitative estimate of drug-likeness (QED) is 0.697. The summed E-state index contributed by atoms with van der Waals surface area (Å²) in [6.45, 7) is 4.84. The molecule has 2 aromatic rings. The highest BCUT2D eigenvalue weighted by Crippen LogP contribution is 2.08. The Kier molecular flexibility index (Phi) is 5.69. The minimum absolute atomic E-state index is 0.653. The van der Waals surface area contributed by atoms with E-state index in [9.17, 15) is 0 Å². The third-order valence-electron chi connectivity index (χ3n) is 2.92. The van der Waals surface area contributed by atoms with Crippen molar-refractivity contribution in [2.75, 3.05) is 38.8 Å². The zero-order valence-corrected chi connectivity index (χ0v) is 12.0. The molecule has 0 fully saturated rings. The van der Waals surface area contributed by atoms with E-state index >= 15 is 0 Å². The smallest absolute Gasteiger partial charge is 0.165 e. The molecule has 0 aliphatic carbocycles. The molecule has 1 N–H and O–H groups in total. The Morgan fingerprint density at radius 1 is 1.20 bits per heavy atom. The zero-order valence-electron chi connectivity index (χ0n) is 12.0. The van der Waals surface area contributed by atoms with Gasteiger partial charge in [-0.05, 0) is 19.8 Å². The van der Waals surface area contributed by atoms with Gasteiger partial charge in [-0.25, -0.2) is 4.98 Å². The first-order chi connectivity index (χ1) is 9.81. The monoisotopic (exact) mass is 279 g/mol. The summed E-state index contributed by atoms with van der Waals surface area (Å²) in [5, 5.41) is 11.3. The second-order valence-corrected chi connectivity index (χ2v) is 4.49. The first-order valence-corrected chi connectivity index (χ1v) is 6.79. The number of nitrogens with one attached hydrogen (secondary N) is 1. The van der Waals surface area contributed by atoms with Gasteiger partial charge in [-0.2, -0.15) is 0 Å². The van der Waals surface area contributed by atoms with Crippen molar-refractivity contribution in [3.8, 4) is 0 Å². The molecule has 0 spiro atoms. The van der Waals surface area contributed by atoms with Gasteiger partial charge in [-0.3, -0.25) is 4.40 Å². The predicted octanol–water partition coefficient (Wildman–Crippen LogP) is 1.29. The van der Waals surface area contributed by atoms with E-state index in [4.69, 9.17) is 9.47 Å². The predicted molar refractivity (Wildman–Crippen MR) is 75.9 cm³/mol. The van der Waals surface area contributed by atoms with Crippen LogP contribution in [0.3, 0.4) is 0 Å². The van der Waals surface area contributed by atoms with Crippen molar-refractivity contribution in [3.63, 3.8) is 0 Å². The molecular weight excluding hydrogens is 258 g/mol. The molecule has 110 valence electrons. The Morgan fingerprint density at radius 2 is 2.10 bits per heavy atom. The van der Waals surface area contributed by atoms with Crippen molar-refractivity contribution in [3.05, 3.63) is 18.2 Å². The number of rotatable bonds is 9. The molecule has 0 unspecified atom stereocenters. The molecule has 20 heavy (non-hydrogen) atoms. The lowest BCUT2D eigenvalue weighted by Crippen LogP contribution is -2.07. The van der Waals surface area contributed by atoms with Gasteiger partial charge in [0, 0.05) is 26.3 Å². The van der Waals surface area contributed by atoms with E-state index in [0.717, 1.165) is 43.3 Å². The van der Waals surface area contributed by atoms with Crippen molar-refractivity contribution in [1.29, 1.82) is 0 Å². The van der Waals surface area contributed by atoms with Crippen LogP contribution >= 0.6 is 0 Å². The van der Waals surface area contributed by atoms with Crippen LogP contribution in [0.5, 0.6) is 0 Å². The van der Waals surface area contributed by atoms with Crippen LogP contribution in [0.25, 0.3) is 5.65 Å². The summed E-state index contributed by atoms with van der Waals surface area (Å²) in [4.78, 5) is 4.32. The molecule has 0 atom stereocenters. The average Bonchev–Trinajstić information content (AvgIpc) is 2.83. The molecular formula is C13H21N5O2. The van der Waals surface area contributed by atoms with E-state index in [1.165, 1.54) is 0 Å². The lowest BCUT2D eigenvalue weighted by atomic mass is 10.3. The van der Waals surface area contributed by atoms with Gasteiger partial charge in [0.2, 0.25) is 0 Å². The molecule has 2 rings (SSSR count). The van der Waals surface area contributed by atoms with Crippen LogP contribution in [0.4, 0.5) is 5.82 Å². The summed E-state index contributed by atoms with van der Waals surface area (Å²) in [6.07, 6.45) is 3.79. The number of methoxy groups -OCH3 is 1. The number of nitrogens with zero attached hydrogens (tertiary/aromatic N) is 4. The fraction of sp³-hybridized carbons (Fsp3) is 0.615. The highest BCUT2D eigenvalue weighted by atomic mass is 16.5. The van der Waals surface area contributed by atoms with Crippen LogP contribution in [0.1, 0.15) is 18.7 Å². The number of ether oxygens (including phenoxy) is 2. The largest absolute Gasteiger partial charge is 0.382 e. The summed E-state index contributed by atoms with van der Waals surface area (Å²) in [5.74, 6) is 1.66. The van der Waals surface area contributed by atoms with Gasteiger partial charge in [0.25, 0.3) is 0 Å². The highest BCUT2D eigenvalue weighted by Gasteiger charge is 2.02. The van der Waals surface area contributed by atoms with Crippen LogP contribution in [0.2, 0.25) is 0 Å². The lowest BCUT2D eigenvalue weighted by Gasteiger charge is -2.06. The Morgan fingerprint density at radius 3 is 2.95 bits per heavy atom. The number of hydrogen-bond donors (Lipinski definition) is 1. The minimum Gasteiger partial charge on any atom is -0.382 e. The van der Waals surface area contributed by atoms with Crippen molar-refractivity contribution in [2.24, 2.45) is 0 Å². The van der Waals surface area contributed by atoms with Crippen LogP contribution in [0, 0.1) is 6.92 Å². The van der Waals surface area contributed by atoms with Gasteiger partial charge in [-0.15, -0.1) is 10.2 Å². The molecule has 0 radical (unpaired) electrons. The first-order valence-electron chi connectivity index (χ1n) is 6.79. The number of fused-ring (bicyclic) bond motifs is 1. The van der Waals surface area contributed by atoms with E-state index in [-0.39, 0.29) is 0 Å². The maximum Gasteiger partial charge on any atom is 0.165 e. The van der Waals surface area contributed by atoms with Crippen molar-refractivity contribution in [2.45, 2.75) is 19.8 Å². The Hall–Kier alpha value is -1.73. The minimum atomic E-state index is 0.653. The molecule has 0 aromatic carbocycles. The van der Waals surface area contributed by atoms with Gasteiger partial charge >= 0.3 is 0 Å². The molecule has 2 aromatic heterocycles. The van der Waals surface area contributed by atoms with Crippen molar-refractivity contribution < 1.29 is 9.47 Å². The van der Waals surface area contributed by atoms with Crippen LogP contribution < -0.4 is 5.32 Å². The van der Waals surface area contributed by atoms with Gasteiger partial charge < -0.3 is 14.8 Å². The fourth-order valence-corrected chi connectivity index (χ4v) is 1.79. The van der Waals surface area contributed by atoms with Crippen molar-refractivity contribution >= 4 is 11.5 Å². The van der Waals surface area contributed by atoms with Crippen LogP contribution in [-0.4, -0.2) is 53.1 Å². The zero-order chi connectivity index (χ0) is 14.2. The number of aromatic nitrogens is 4. The fourth-order valence-electron chi connectivity index (χ4n) is 1.79. The topological polar surface area (TPSA) is 73.6 Å². The summed E-state index contributed by atoms with van der Waals surface area (Å²) in [6, 6.07) is 1.90. The van der Waals surface area contributed by atoms with E-state index in [0.29, 0.717) is 13.2 Å². The van der Waals surface area contributed by atoms with Crippen molar-refractivity contribution in [1.82, 2.24) is 19.6 Å². The second kappa shape index (κ2) is 7.76. The van der Waals surface area contributed by atoms with Crippen LogP contribution in [0.15, 0.2) is 12.4 Å². The summed E-state index contributed by atoms with van der Waals surface area (Å²) in [5.41, 5.74) is 0.808. The Labute approximate surface area is 118 Å². The van der Waals surface area contributed by atoms with Gasteiger partial charge in [0.15, 0.2) is 5.65 Å². The average molecular weight is 279 g/mol. The standard InChI is InChI=1S/C13H21N5O2/c1-11-16-17-13-9-12(15-10-18(11)13)14-5-3-4-6-20-8-7-19-2/h9-10,14H,3-8H2,1-2H3. The molecule has 0 aliphatic rings. The summed E-state index contributed by atoms with van der Waals surface area (Å²) < 4.78 is 12.2. The number of anilines is 1.